The van der Waals surface area contributed by atoms with Gasteiger partial charge in [-0.15, -0.1) is 0 Å². The Morgan fingerprint density at radius 2 is 2.44 bits per heavy atom. The van der Waals surface area contributed by atoms with Crippen LogP contribution in [0.2, 0.25) is 0 Å². The molecule has 88 valence electrons. The normalized spacial score (nSPS) is 22.9. The summed E-state index contributed by atoms with van der Waals surface area (Å²) in [6, 6.07) is 4.33. The maximum atomic E-state index is 11.9. The lowest BCUT2D eigenvalue weighted by molar-refractivity contribution is 0.427. The lowest BCUT2D eigenvalue weighted by Gasteiger charge is -2.22. The summed E-state index contributed by atoms with van der Waals surface area (Å²) in [7, 11) is -0.771. The molecule has 0 spiro atoms. The molecule has 2 rings (SSSR count). The van der Waals surface area contributed by atoms with Gasteiger partial charge in [-0.2, -0.15) is 0 Å². The van der Waals surface area contributed by atoms with Crippen molar-refractivity contribution in [2.75, 3.05) is 12.3 Å². The molecule has 0 radical (unpaired) electrons. The van der Waals surface area contributed by atoms with Crippen LogP contribution in [0.1, 0.15) is 24.8 Å². The Morgan fingerprint density at radius 3 is 3.12 bits per heavy atom. The molecule has 1 aliphatic rings. The van der Waals surface area contributed by atoms with Crippen molar-refractivity contribution in [1.82, 2.24) is 10.3 Å². The first-order valence-electron chi connectivity index (χ1n) is 5.82. The summed E-state index contributed by atoms with van der Waals surface area (Å²) < 4.78 is 11.9. The molecule has 16 heavy (non-hydrogen) atoms. The van der Waals surface area contributed by atoms with Crippen LogP contribution in [-0.2, 0) is 16.6 Å². The number of piperidine rings is 1. The third-order valence-corrected chi connectivity index (χ3v) is 4.28. The van der Waals surface area contributed by atoms with E-state index in [4.69, 9.17) is 0 Å². The largest absolute Gasteiger partial charge is 0.313 e. The second-order valence-corrected chi connectivity index (χ2v) is 5.76. The highest BCUT2D eigenvalue weighted by Crippen LogP contribution is 2.10. The fraction of sp³-hybridized carbons (Fsp3) is 0.583. The maximum Gasteiger partial charge on any atom is 0.0501 e. The molecule has 0 saturated carbocycles. The van der Waals surface area contributed by atoms with Crippen molar-refractivity contribution in [2.24, 2.45) is 0 Å². The monoisotopic (exact) mass is 238 g/mol. The standard InChI is InChI=1S/C12H18N2OS/c15-16(9-11-4-3-6-13-8-11)10-12-5-1-2-7-14-12/h3-4,6,8,12,14H,1-2,5,7,9-10H2/t12-,16+/m0/s1. The summed E-state index contributed by atoms with van der Waals surface area (Å²) >= 11 is 0. The number of nitrogens with zero attached hydrogens (tertiary/aromatic N) is 1. The first-order valence-corrected chi connectivity index (χ1v) is 7.30. The molecule has 0 unspecified atom stereocenters. The van der Waals surface area contributed by atoms with E-state index in [0.29, 0.717) is 11.8 Å². The first-order chi connectivity index (χ1) is 7.84. The number of hydrogen-bond acceptors (Lipinski definition) is 3. The van der Waals surface area contributed by atoms with E-state index in [1.165, 1.54) is 19.3 Å². The van der Waals surface area contributed by atoms with Crippen LogP contribution in [0.5, 0.6) is 0 Å². The van der Waals surface area contributed by atoms with Crippen LogP contribution in [-0.4, -0.2) is 27.5 Å². The molecular weight excluding hydrogens is 220 g/mol. The van der Waals surface area contributed by atoms with E-state index in [-0.39, 0.29) is 0 Å². The zero-order chi connectivity index (χ0) is 11.2. The van der Waals surface area contributed by atoms with Gasteiger partial charge in [0.05, 0.1) is 5.75 Å². The average Bonchev–Trinajstić information content (AvgIpc) is 2.31. The number of nitrogens with one attached hydrogen (secondary N) is 1. The van der Waals surface area contributed by atoms with Gasteiger partial charge in [-0.25, -0.2) is 0 Å². The number of rotatable bonds is 4. The predicted octanol–water partition coefficient (Wildman–Crippen LogP) is 1.47. The van der Waals surface area contributed by atoms with Crippen LogP contribution in [0.3, 0.4) is 0 Å². The molecule has 3 nitrogen and oxygen atoms in total. The average molecular weight is 238 g/mol. The molecule has 1 fully saturated rings. The smallest absolute Gasteiger partial charge is 0.0501 e. The van der Waals surface area contributed by atoms with Crippen molar-refractivity contribution in [2.45, 2.75) is 31.1 Å². The Kier molecular flexibility index (Phi) is 4.48. The van der Waals surface area contributed by atoms with E-state index in [9.17, 15) is 4.21 Å². The van der Waals surface area contributed by atoms with Gasteiger partial charge in [0, 0.05) is 35.0 Å². The van der Waals surface area contributed by atoms with E-state index < -0.39 is 10.8 Å². The zero-order valence-electron chi connectivity index (χ0n) is 9.39. The van der Waals surface area contributed by atoms with Gasteiger partial charge in [-0.3, -0.25) is 9.19 Å². The Bertz CT molecular complexity index is 336. The molecule has 1 saturated heterocycles. The van der Waals surface area contributed by atoms with E-state index in [0.717, 1.165) is 17.9 Å². The van der Waals surface area contributed by atoms with Crippen molar-refractivity contribution < 1.29 is 4.21 Å². The Morgan fingerprint density at radius 1 is 1.50 bits per heavy atom. The molecule has 0 aromatic carbocycles. The van der Waals surface area contributed by atoms with Crippen LogP contribution >= 0.6 is 0 Å². The topological polar surface area (TPSA) is 42.0 Å². The Balaban J connectivity index is 1.80. The minimum absolute atomic E-state index is 0.450. The minimum atomic E-state index is -0.771. The van der Waals surface area contributed by atoms with Crippen LogP contribution in [0.4, 0.5) is 0 Å². The third kappa shape index (κ3) is 3.68. The summed E-state index contributed by atoms with van der Waals surface area (Å²) in [5.41, 5.74) is 1.07. The van der Waals surface area contributed by atoms with E-state index in [2.05, 4.69) is 10.3 Å². The first kappa shape index (κ1) is 11.7. The van der Waals surface area contributed by atoms with Gasteiger partial charge in [-0.1, -0.05) is 12.5 Å². The fourth-order valence-electron chi connectivity index (χ4n) is 2.02. The van der Waals surface area contributed by atoms with Gasteiger partial charge in [-0.05, 0) is 31.0 Å². The van der Waals surface area contributed by atoms with Gasteiger partial charge in [0.1, 0.15) is 0 Å². The van der Waals surface area contributed by atoms with Crippen molar-refractivity contribution in [3.05, 3.63) is 30.1 Å². The van der Waals surface area contributed by atoms with Gasteiger partial charge < -0.3 is 5.32 Å². The van der Waals surface area contributed by atoms with E-state index in [1.807, 2.05) is 12.1 Å². The Labute approximate surface area is 99.1 Å². The SMILES string of the molecule is O=[S@](Cc1cccnc1)C[C@@H]1CCCCN1. The van der Waals surface area contributed by atoms with Crippen molar-refractivity contribution in [3.63, 3.8) is 0 Å². The van der Waals surface area contributed by atoms with Crippen LogP contribution in [0, 0.1) is 0 Å². The number of aromatic nitrogens is 1. The van der Waals surface area contributed by atoms with Crippen LogP contribution < -0.4 is 5.32 Å². The molecule has 0 amide bonds. The van der Waals surface area contributed by atoms with Gasteiger partial charge in [0.25, 0.3) is 0 Å². The lowest BCUT2D eigenvalue weighted by Crippen LogP contribution is -2.38. The molecule has 2 heterocycles. The zero-order valence-corrected chi connectivity index (χ0v) is 10.2. The summed E-state index contributed by atoms with van der Waals surface area (Å²) in [5, 5.41) is 3.43. The van der Waals surface area contributed by atoms with E-state index >= 15 is 0 Å². The molecule has 1 aromatic heterocycles. The van der Waals surface area contributed by atoms with Gasteiger partial charge >= 0.3 is 0 Å². The molecule has 1 aliphatic heterocycles. The van der Waals surface area contributed by atoms with Gasteiger partial charge in [0.2, 0.25) is 0 Å². The molecule has 4 heteroatoms. The highest BCUT2D eigenvalue weighted by Gasteiger charge is 2.15. The quantitative estimate of drug-likeness (QED) is 0.864. The fourth-order valence-corrected chi connectivity index (χ4v) is 3.41. The molecule has 0 bridgehead atoms. The minimum Gasteiger partial charge on any atom is -0.313 e. The van der Waals surface area contributed by atoms with Crippen molar-refractivity contribution in [1.29, 1.82) is 0 Å². The maximum absolute atomic E-state index is 11.9. The Hall–Kier alpha value is -0.740. The summed E-state index contributed by atoms with van der Waals surface area (Å²) in [6.07, 6.45) is 7.23. The summed E-state index contributed by atoms with van der Waals surface area (Å²) in [5.74, 6) is 1.40. The lowest BCUT2D eigenvalue weighted by atomic mass is 10.1. The predicted molar refractivity (Wildman–Crippen MR) is 66.6 cm³/mol. The van der Waals surface area contributed by atoms with E-state index in [1.54, 1.807) is 12.4 Å². The molecule has 1 aromatic rings. The highest BCUT2D eigenvalue weighted by atomic mass is 32.2. The van der Waals surface area contributed by atoms with Crippen LogP contribution in [0.15, 0.2) is 24.5 Å². The summed E-state index contributed by atoms with van der Waals surface area (Å²) in [6.45, 7) is 1.08. The second kappa shape index (κ2) is 6.11. The molecule has 1 N–H and O–H groups in total. The molecule has 2 atom stereocenters. The molecule has 0 aliphatic carbocycles. The van der Waals surface area contributed by atoms with Crippen molar-refractivity contribution >= 4 is 10.8 Å². The summed E-state index contributed by atoms with van der Waals surface area (Å²) in [4.78, 5) is 4.03. The van der Waals surface area contributed by atoms with Crippen molar-refractivity contribution in [3.8, 4) is 0 Å². The third-order valence-electron chi connectivity index (χ3n) is 2.85. The van der Waals surface area contributed by atoms with Crippen LogP contribution in [0.25, 0.3) is 0 Å². The molecular formula is C12H18N2OS. The highest BCUT2D eigenvalue weighted by molar-refractivity contribution is 7.84. The number of hydrogen-bond donors (Lipinski definition) is 1. The van der Waals surface area contributed by atoms with Gasteiger partial charge in [0.15, 0.2) is 0 Å². The number of pyridine rings is 1. The second-order valence-electron chi connectivity index (χ2n) is 4.26.